The van der Waals surface area contributed by atoms with E-state index < -0.39 is 23.5 Å². The number of ether oxygens (including phenoxy) is 3. The van der Waals surface area contributed by atoms with Gasteiger partial charge in [-0.05, 0) is 73.2 Å². The molecule has 7 nitrogen and oxygen atoms in total. The minimum Gasteiger partial charge on any atom is -0.439 e. The number of hydrogen-bond acceptors (Lipinski definition) is 6. The van der Waals surface area contributed by atoms with Crippen molar-refractivity contribution in [1.82, 2.24) is 5.32 Å². The molecule has 5 aromatic rings. The molecule has 7 heteroatoms. The number of alkyl carbamates (subject to hydrolysis) is 1. The predicted molar refractivity (Wildman–Crippen MR) is 187 cm³/mol. The van der Waals surface area contributed by atoms with Crippen LogP contribution in [0.1, 0.15) is 38.8 Å². The molecule has 0 saturated carbocycles. The lowest BCUT2D eigenvalue weighted by atomic mass is 9.95. The summed E-state index contributed by atoms with van der Waals surface area (Å²) in [6.45, 7) is 8.22. The lowest BCUT2D eigenvalue weighted by Gasteiger charge is -2.26. The number of benzene rings is 5. The molecule has 0 aromatic heterocycles. The van der Waals surface area contributed by atoms with Gasteiger partial charge < -0.3 is 25.3 Å². The van der Waals surface area contributed by atoms with Gasteiger partial charge in [0.2, 0.25) is 0 Å². The van der Waals surface area contributed by atoms with Gasteiger partial charge in [-0.1, -0.05) is 127 Å². The zero-order valence-electron chi connectivity index (χ0n) is 27.3. The van der Waals surface area contributed by atoms with Gasteiger partial charge in [0.05, 0.1) is 0 Å². The van der Waals surface area contributed by atoms with Crippen LogP contribution in [0.25, 0.3) is 22.3 Å². The highest BCUT2D eigenvalue weighted by Gasteiger charge is 2.27. The van der Waals surface area contributed by atoms with Crippen LogP contribution in [0.4, 0.5) is 9.59 Å². The largest absolute Gasteiger partial charge is 0.514 e. The molecule has 0 bridgehead atoms. The standard InChI is InChI=1S/C22H20O3.C18H22N2O2/c1-22(2,25-21(23)24-20-11-7-4-8-12-20)19-15-13-18(14-16-19)17-9-5-3-6-10-17;1-18(2,22-17(21)20-13-12-19)16-10-8-15(9-11-16)14-6-4-3-5-7-14/h3-16H,1-2H3;3-11H,12-13,19H2,1-2H3,(H,20,21). The minimum atomic E-state index is -0.791. The highest BCUT2D eigenvalue weighted by molar-refractivity contribution is 5.68. The highest BCUT2D eigenvalue weighted by atomic mass is 16.7. The van der Waals surface area contributed by atoms with Crippen LogP contribution >= 0.6 is 0 Å². The Balaban J connectivity index is 0.000000215. The molecule has 5 aromatic carbocycles. The molecular formula is C40H42N2O5. The fourth-order valence-electron chi connectivity index (χ4n) is 4.76. The third-order valence-electron chi connectivity index (χ3n) is 7.42. The summed E-state index contributed by atoms with van der Waals surface area (Å²) < 4.78 is 16.2. The SMILES string of the molecule is CC(C)(OC(=O)NCCN)c1ccc(-c2ccccc2)cc1.CC(C)(OC(=O)Oc1ccccc1)c1ccc(-c2ccccc2)cc1. The van der Waals surface area contributed by atoms with Crippen molar-refractivity contribution in [3.05, 3.63) is 151 Å². The first-order valence-corrected chi connectivity index (χ1v) is 15.5. The normalized spacial score (nSPS) is 11.0. The number of para-hydroxylation sites is 1. The van der Waals surface area contributed by atoms with Crippen molar-refractivity contribution in [2.75, 3.05) is 13.1 Å². The summed E-state index contributed by atoms with van der Waals surface area (Å²) >= 11 is 0. The van der Waals surface area contributed by atoms with Crippen LogP contribution < -0.4 is 15.8 Å². The quantitative estimate of drug-likeness (QED) is 0.125. The Hall–Kier alpha value is -5.40. The van der Waals surface area contributed by atoms with Crippen molar-refractivity contribution in [2.45, 2.75) is 38.9 Å². The summed E-state index contributed by atoms with van der Waals surface area (Å²) in [5.74, 6) is 0.461. The highest BCUT2D eigenvalue weighted by Crippen LogP contribution is 2.29. The summed E-state index contributed by atoms with van der Waals surface area (Å²) in [4.78, 5) is 23.7. The topological polar surface area (TPSA) is 99.9 Å². The van der Waals surface area contributed by atoms with Crippen LogP contribution in [0.2, 0.25) is 0 Å². The molecule has 5 rings (SSSR count). The van der Waals surface area contributed by atoms with Gasteiger partial charge in [0, 0.05) is 13.1 Å². The van der Waals surface area contributed by atoms with E-state index >= 15 is 0 Å². The van der Waals surface area contributed by atoms with E-state index in [2.05, 4.69) is 29.6 Å². The Kier molecular flexibility index (Phi) is 11.9. The molecule has 1 amide bonds. The van der Waals surface area contributed by atoms with E-state index in [1.807, 2.05) is 119 Å². The van der Waals surface area contributed by atoms with Crippen LogP contribution in [0.15, 0.2) is 140 Å². The van der Waals surface area contributed by atoms with Gasteiger partial charge in [-0.2, -0.15) is 0 Å². The number of hydrogen-bond donors (Lipinski definition) is 2. The predicted octanol–water partition coefficient (Wildman–Crippen LogP) is 9.08. The van der Waals surface area contributed by atoms with Gasteiger partial charge in [0.15, 0.2) is 0 Å². The first kappa shape index (κ1) is 34.5. The van der Waals surface area contributed by atoms with E-state index in [9.17, 15) is 9.59 Å². The van der Waals surface area contributed by atoms with Crippen molar-refractivity contribution in [1.29, 1.82) is 0 Å². The van der Waals surface area contributed by atoms with E-state index in [0.29, 0.717) is 18.8 Å². The van der Waals surface area contributed by atoms with Crippen LogP contribution in [0.5, 0.6) is 5.75 Å². The monoisotopic (exact) mass is 630 g/mol. The van der Waals surface area contributed by atoms with Gasteiger partial charge in [-0.25, -0.2) is 9.59 Å². The maximum absolute atomic E-state index is 12.0. The van der Waals surface area contributed by atoms with Crippen molar-refractivity contribution < 1.29 is 23.8 Å². The van der Waals surface area contributed by atoms with E-state index in [0.717, 1.165) is 33.4 Å². The number of nitrogens with two attached hydrogens (primary N) is 1. The van der Waals surface area contributed by atoms with E-state index in [-0.39, 0.29) is 0 Å². The summed E-state index contributed by atoms with van der Waals surface area (Å²) in [7, 11) is 0. The van der Waals surface area contributed by atoms with Gasteiger partial charge in [0.25, 0.3) is 0 Å². The van der Waals surface area contributed by atoms with E-state index in [1.54, 1.807) is 24.3 Å². The van der Waals surface area contributed by atoms with Crippen LogP contribution in [0, 0.1) is 0 Å². The summed E-state index contributed by atoms with van der Waals surface area (Å²) in [5, 5.41) is 2.61. The summed E-state index contributed by atoms with van der Waals surface area (Å²) in [6.07, 6.45) is -1.18. The molecule has 242 valence electrons. The Morgan fingerprint density at radius 3 is 1.36 bits per heavy atom. The fraction of sp³-hybridized carbons (Fsp3) is 0.200. The van der Waals surface area contributed by atoms with Crippen molar-refractivity contribution in [3.8, 4) is 28.0 Å². The first-order valence-electron chi connectivity index (χ1n) is 15.5. The zero-order valence-corrected chi connectivity index (χ0v) is 27.3. The van der Waals surface area contributed by atoms with Gasteiger partial charge in [-0.3, -0.25) is 0 Å². The van der Waals surface area contributed by atoms with Crippen molar-refractivity contribution in [2.24, 2.45) is 5.73 Å². The summed E-state index contributed by atoms with van der Waals surface area (Å²) in [6, 6.07) is 45.2. The minimum absolute atomic E-state index is 0.390. The lowest BCUT2D eigenvalue weighted by molar-refractivity contribution is 0.00634. The smallest absolute Gasteiger partial charge is 0.439 e. The van der Waals surface area contributed by atoms with Gasteiger partial charge in [0.1, 0.15) is 17.0 Å². The molecule has 0 unspecified atom stereocenters. The second-order valence-corrected chi connectivity index (χ2v) is 11.8. The molecule has 0 aliphatic heterocycles. The number of rotatable bonds is 9. The van der Waals surface area contributed by atoms with Crippen LogP contribution in [-0.4, -0.2) is 25.3 Å². The zero-order chi connectivity index (χ0) is 33.7. The first-order chi connectivity index (χ1) is 22.6. The van der Waals surface area contributed by atoms with Crippen LogP contribution in [0.3, 0.4) is 0 Å². The molecule has 3 N–H and O–H groups in total. The van der Waals surface area contributed by atoms with Gasteiger partial charge >= 0.3 is 12.2 Å². The third-order valence-corrected chi connectivity index (χ3v) is 7.42. The van der Waals surface area contributed by atoms with Crippen molar-refractivity contribution >= 4 is 12.2 Å². The average molecular weight is 631 g/mol. The Labute approximate surface area is 277 Å². The number of amides is 1. The second kappa shape index (κ2) is 16.2. The number of carbonyl (C=O) groups is 2. The third kappa shape index (κ3) is 10.3. The molecule has 0 heterocycles. The van der Waals surface area contributed by atoms with E-state index in [4.69, 9.17) is 19.9 Å². The lowest BCUT2D eigenvalue weighted by Crippen LogP contribution is -2.35. The van der Waals surface area contributed by atoms with Crippen molar-refractivity contribution in [3.63, 3.8) is 0 Å². The molecule has 0 saturated heterocycles. The molecule has 0 spiro atoms. The molecule has 0 radical (unpaired) electrons. The number of nitrogens with one attached hydrogen (secondary N) is 1. The molecule has 47 heavy (non-hydrogen) atoms. The fourth-order valence-corrected chi connectivity index (χ4v) is 4.76. The Morgan fingerprint density at radius 2 is 0.936 bits per heavy atom. The number of carbonyl (C=O) groups excluding carboxylic acids is 2. The molecule has 0 fully saturated rings. The maximum atomic E-state index is 12.0. The summed E-state index contributed by atoms with van der Waals surface area (Å²) in [5.41, 5.74) is 10.3. The average Bonchev–Trinajstić information content (AvgIpc) is 3.08. The second-order valence-electron chi connectivity index (χ2n) is 11.8. The maximum Gasteiger partial charge on any atom is 0.514 e. The van der Waals surface area contributed by atoms with Gasteiger partial charge in [-0.15, -0.1) is 0 Å². The van der Waals surface area contributed by atoms with E-state index in [1.165, 1.54) is 0 Å². The molecular weight excluding hydrogens is 588 g/mol. The molecule has 0 aliphatic rings. The van der Waals surface area contributed by atoms with Crippen LogP contribution in [-0.2, 0) is 20.7 Å². The Bertz CT molecular complexity index is 1690. The molecule has 0 aliphatic carbocycles. The Morgan fingerprint density at radius 1 is 0.553 bits per heavy atom. The molecule has 0 atom stereocenters.